The topological polar surface area (TPSA) is 96.3 Å². The molecule has 2 aromatic carbocycles. The Hall–Kier alpha value is -3.98. The number of nitrogens with zero attached hydrogens (tertiary/aromatic N) is 6. The highest BCUT2D eigenvalue weighted by atomic mass is 16.5. The zero-order valence-corrected chi connectivity index (χ0v) is 16.7. The van der Waals surface area contributed by atoms with E-state index in [-0.39, 0.29) is 0 Å². The molecule has 31 heavy (non-hydrogen) atoms. The van der Waals surface area contributed by atoms with Crippen LogP contribution in [0.1, 0.15) is 0 Å². The minimum atomic E-state index is 0.652. The third-order valence-corrected chi connectivity index (χ3v) is 5.52. The molecule has 1 fully saturated rings. The molecule has 0 aliphatic carbocycles. The monoisotopic (exact) mass is 412 g/mol. The Balaban J connectivity index is 1.33. The van der Waals surface area contributed by atoms with Gasteiger partial charge in [-0.1, -0.05) is 12.1 Å². The zero-order chi connectivity index (χ0) is 20.6. The van der Waals surface area contributed by atoms with Crippen molar-refractivity contribution in [2.45, 2.75) is 0 Å². The SMILES string of the molecule is c1cc(N2CCOCC2)ccc1Nc1nc(-c2ccc3cn[nH]c3c2)cn2cnnc12. The minimum absolute atomic E-state index is 0.652. The molecule has 1 aliphatic rings. The van der Waals surface area contributed by atoms with Crippen LogP contribution < -0.4 is 10.2 Å². The first-order valence-electron chi connectivity index (χ1n) is 10.2. The maximum Gasteiger partial charge on any atom is 0.203 e. The van der Waals surface area contributed by atoms with Crippen LogP contribution in [0.5, 0.6) is 0 Å². The van der Waals surface area contributed by atoms with Crippen molar-refractivity contribution < 1.29 is 4.74 Å². The number of nitrogens with one attached hydrogen (secondary N) is 2. The number of fused-ring (bicyclic) bond motifs is 2. The summed E-state index contributed by atoms with van der Waals surface area (Å²) in [6.45, 7) is 3.37. The molecule has 0 amide bonds. The van der Waals surface area contributed by atoms with Gasteiger partial charge < -0.3 is 15.0 Å². The van der Waals surface area contributed by atoms with Gasteiger partial charge in [0.1, 0.15) is 6.33 Å². The Bertz CT molecular complexity index is 1350. The second kappa shape index (κ2) is 7.37. The van der Waals surface area contributed by atoms with Gasteiger partial charge in [-0.25, -0.2) is 4.98 Å². The van der Waals surface area contributed by atoms with E-state index in [0.717, 1.165) is 54.2 Å². The summed E-state index contributed by atoms with van der Waals surface area (Å²) in [6.07, 6.45) is 5.42. The van der Waals surface area contributed by atoms with Gasteiger partial charge in [0, 0.05) is 41.6 Å². The Morgan fingerprint density at radius 3 is 2.77 bits per heavy atom. The summed E-state index contributed by atoms with van der Waals surface area (Å²) in [5.41, 5.74) is 5.57. The summed E-state index contributed by atoms with van der Waals surface area (Å²) in [5.74, 6) is 0.652. The smallest absolute Gasteiger partial charge is 0.203 e. The molecule has 6 rings (SSSR count). The van der Waals surface area contributed by atoms with Crippen LogP contribution in [0.4, 0.5) is 17.2 Å². The molecule has 0 spiro atoms. The summed E-state index contributed by atoms with van der Waals surface area (Å²) in [4.78, 5) is 7.17. The number of morpholine rings is 1. The van der Waals surface area contributed by atoms with E-state index in [1.165, 1.54) is 5.69 Å². The summed E-state index contributed by atoms with van der Waals surface area (Å²) >= 11 is 0. The lowest BCUT2D eigenvalue weighted by Crippen LogP contribution is -2.36. The summed E-state index contributed by atoms with van der Waals surface area (Å²) in [7, 11) is 0. The lowest BCUT2D eigenvalue weighted by molar-refractivity contribution is 0.122. The molecule has 0 radical (unpaired) electrons. The molecular weight excluding hydrogens is 392 g/mol. The number of rotatable bonds is 4. The second-order valence-electron chi connectivity index (χ2n) is 7.48. The third kappa shape index (κ3) is 3.34. The van der Waals surface area contributed by atoms with Crippen molar-refractivity contribution >= 4 is 33.7 Å². The number of aromatic nitrogens is 6. The van der Waals surface area contributed by atoms with Crippen LogP contribution in [-0.4, -0.2) is 56.1 Å². The van der Waals surface area contributed by atoms with Crippen LogP contribution in [0.3, 0.4) is 0 Å². The van der Waals surface area contributed by atoms with Crippen molar-refractivity contribution in [1.82, 2.24) is 29.8 Å². The Kier molecular flexibility index (Phi) is 4.24. The average Bonchev–Trinajstić information content (AvgIpc) is 3.49. The van der Waals surface area contributed by atoms with Gasteiger partial charge in [0.25, 0.3) is 0 Å². The molecule has 0 atom stereocenters. The van der Waals surface area contributed by atoms with Gasteiger partial charge in [-0.15, -0.1) is 10.2 Å². The molecule has 154 valence electrons. The summed E-state index contributed by atoms with van der Waals surface area (Å²) in [5, 5.41) is 19.9. The molecule has 9 heteroatoms. The van der Waals surface area contributed by atoms with Crippen LogP contribution in [-0.2, 0) is 4.74 Å². The van der Waals surface area contributed by atoms with E-state index in [2.05, 4.69) is 54.9 Å². The van der Waals surface area contributed by atoms with E-state index in [1.807, 2.05) is 35.0 Å². The maximum absolute atomic E-state index is 5.44. The number of anilines is 3. The van der Waals surface area contributed by atoms with E-state index >= 15 is 0 Å². The van der Waals surface area contributed by atoms with Crippen molar-refractivity contribution in [3.05, 3.63) is 61.2 Å². The van der Waals surface area contributed by atoms with Crippen LogP contribution >= 0.6 is 0 Å². The number of H-pyrrole nitrogens is 1. The quantitative estimate of drug-likeness (QED) is 0.468. The third-order valence-electron chi connectivity index (χ3n) is 5.52. The average molecular weight is 412 g/mol. The predicted molar refractivity (Wildman–Crippen MR) is 119 cm³/mol. The van der Waals surface area contributed by atoms with Gasteiger partial charge >= 0.3 is 0 Å². The lowest BCUT2D eigenvalue weighted by Gasteiger charge is -2.28. The Morgan fingerprint density at radius 1 is 1.03 bits per heavy atom. The lowest BCUT2D eigenvalue weighted by atomic mass is 10.1. The van der Waals surface area contributed by atoms with Gasteiger partial charge in [-0.05, 0) is 30.3 Å². The first-order valence-corrected chi connectivity index (χ1v) is 10.2. The first kappa shape index (κ1) is 17.8. The summed E-state index contributed by atoms with van der Waals surface area (Å²) < 4.78 is 7.32. The van der Waals surface area contributed by atoms with Crippen molar-refractivity contribution in [3.63, 3.8) is 0 Å². The predicted octanol–water partition coefficient (Wildman–Crippen LogP) is 3.25. The second-order valence-corrected chi connectivity index (χ2v) is 7.48. The van der Waals surface area contributed by atoms with Crippen LogP contribution in [0.15, 0.2) is 61.2 Å². The van der Waals surface area contributed by atoms with Crippen LogP contribution in [0, 0.1) is 0 Å². The number of ether oxygens (including phenoxy) is 1. The molecule has 0 unspecified atom stereocenters. The number of hydrogen-bond donors (Lipinski definition) is 2. The molecule has 0 saturated carbocycles. The standard InChI is InChI=1S/C22H20N8O/c1-2-16-12-23-27-19(16)11-15(1)20-13-30-14-24-28-22(30)21(26-20)25-17-3-5-18(6-4-17)29-7-9-31-10-8-29/h1-6,11-14H,7-10H2,(H,23,27)(H,25,26). The Morgan fingerprint density at radius 2 is 1.90 bits per heavy atom. The van der Waals surface area contributed by atoms with Gasteiger partial charge in [0.05, 0.1) is 30.6 Å². The number of aromatic amines is 1. The van der Waals surface area contributed by atoms with E-state index in [9.17, 15) is 0 Å². The van der Waals surface area contributed by atoms with Crippen molar-refractivity contribution in [1.29, 1.82) is 0 Å². The van der Waals surface area contributed by atoms with Crippen molar-refractivity contribution in [2.75, 3.05) is 36.5 Å². The van der Waals surface area contributed by atoms with Gasteiger partial charge in [0.15, 0.2) is 5.82 Å². The fraction of sp³-hybridized carbons (Fsp3) is 0.182. The van der Waals surface area contributed by atoms with E-state index in [0.29, 0.717) is 11.5 Å². The molecule has 1 saturated heterocycles. The fourth-order valence-electron chi connectivity index (χ4n) is 3.87. The van der Waals surface area contributed by atoms with Crippen molar-refractivity contribution in [2.24, 2.45) is 0 Å². The fourth-order valence-corrected chi connectivity index (χ4v) is 3.87. The molecule has 3 aromatic heterocycles. The highest BCUT2D eigenvalue weighted by Crippen LogP contribution is 2.27. The molecule has 1 aliphatic heterocycles. The summed E-state index contributed by atoms with van der Waals surface area (Å²) in [6, 6.07) is 14.5. The molecule has 5 aromatic rings. The molecule has 9 nitrogen and oxygen atoms in total. The van der Waals surface area contributed by atoms with E-state index < -0.39 is 0 Å². The van der Waals surface area contributed by atoms with Crippen LogP contribution in [0.25, 0.3) is 27.8 Å². The molecule has 2 N–H and O–H groups in total. The minimum Gasteiger partial charge on any atom is -0.378 e. The normalized spacial score (nSPS) is 14.4. The number of hydrogen-bond acceptors (Lipinski definition) is 7. The van der Waals surface area contributed by atoms with Crippen molar-refractivity contribution in [3.8, 4) is 11.3 Å². The van der Waals surface area contributed by atoms with Gasteiger partial charge in [0.2, 0.25) is 5.65 Å². The maximum atomic E-state index is 5.44. The first-order chi connectivity index (χ1) is 15.3. The van der Waals surface area contributed by atoms with E-state index in [1.54, 1.807) is 6.33 Å². The highest BCUT2D eigenvalue weighted by Gasteiger charge is 2.13. The largest absolute Gasteiger partial charge is 0.378 e. The molecular formula is C22H20N8O. The zero-order valence-electron chi connectivity index (χ0n) is 16.7. The molecule has 0 bridgehead atoms. The Labute approximate surface area is 177 Å². The number of benzene rings is 2. The highest BCUT2D eigenvalue weighted by molar-refractivity contribution is 5.84. The molecule has 4 heterocycles. The van der Waals surface area contributed by atoms with Gasteiger partial charge in [-0.2, -0.15) is 5.10 Å². The van der Waals surface area contributed by atoms with E-state index in [4.69, 9.17) is 9.72 Å². The van der Waals surface area contributed by atoms with Crippen LogP contribution in [0.2, 0.25) is 0 Å². The van der Waals surface area contributed by atoms with Gasteiger partial charge in [-0.3, -0.25) is 9.50 Å².